The van der Waals surface area contributed by atoms with Crippen LogP contribution in [0.2, 0.25) is 0 Å². The van der Waals surface area contributed by atoms with Crippen molar-refractivity contribution in [2.24, 2.45) is 0 Å². The van der Waals surface area contributed by atoms with Crippen LogP contribution in [0.4, 0.5) is 4.79 Å². The summed E-state index contributed by atoms with van der Waals surface area (Å²) in [6, 6.07) is 0.0529. The zero-order valence-corrected chi connectivity index (χ0v) is 9.54. The second kappa shape index (κ2) is 5.00. The fourth-order valence-corrected chi connectivity index (χ4v) is 1.62. The van der Waals surface area contributed by atoms with Gasteiger partial charge in [0.2, 0.25) is 5.91 Å². The third-order valence-corrected chi connectivity index (χ3v) is 2.38. The molecule has 86 valence electrons. The number of nitrogens with zero attached hydrogens (tertiary/aromatic N) is 1. The minimum Gasteiger partial charge on any atom is -0.344 e. The molecule has 1 saturated heterocycles. The number of nitrogens with one attached hydrogen (secondary N) is 2. The molecule has 2 N–H and O–H groups in total. The van der Waals surface area contributed by atoms with Gasteiger partial charge in [0.25, 0.3) is 0 Å². The predicted octanol–water partition coefficient (Wildman–Crippen LogP) is 0.315. The SMILES string of the molecule is CC(C)NC(=O)NC1CCC(=O)N(C)C1. The van der Waals surface area contributed by atoms with Crippen LogP contribution in [0.3, 0.4) is 0 Å². The Morgan fingerprint density at radius 2 is 2.20 bits per heavy atom. The van der Waals surface area contributed by atoms with Crippen molar-refractivity contribution in [3.8, 4) is 0 Å². The van der Waals surface area contributed by atoms with E-state index in [0.29, 0.717) is 13.0 Å². The highest BCUT2D eigenvalue weighted by molar-refractivity contribution is 5.78. The van der Waals surface area contributed by atoms with Gasteiger partial charge < -0.3 is 15.5 Å². The molecule has 0 spiro atoms. The van der Waals surface area contributed by atoms with Crippen molar-refractivity contribution in [1.29, 1.82) is 0 Å². The van der Waals surface area contributed by atoms with Gasteiger partial charge in [-0.15, -0.1) is 0 Å². The zero-order chi connectivity index (χ0) is 11.4. The predicted molar refractivity (Wildman–Crippen MR) is 57.5 cm³/mol. The lowest BCUT2D eigenvalue weighted by molar-refractivity contribution is -0.132. The molecule has 1 rings (SSSR count). The number of hydrogen-bond donors (Lipinski definition) is 2. The number of urea groups is 1. The van der Waals surface area contributed by atoms with Crippen LogP contribution < -0.4 is 10.6 Å². The van der Waals surface area contributed by atoms with Crippen LogP contribution in [0.5, 0.6) is 0 Å². The van der Waals surface area contributed by atoms with E-state index in [9.17, 15) is 9.59 Å². The van der Waals surface area contributed by atoms with Crippen molar-refractivity contribution >= 4 is 11.9 Å². The van der Waals surface area contributed by atoms with E-state index in [1.54, 1.807) is 11.9 Å². The molecule has 0 aromatic carbocycles. The Labute approximate surface area is 90.2 Å². The Hall–Kier alpha value is -1.26. The molecule has 0 radical (unpaired) electrons. The number of carbonyl (C=O) groups is 2. The monoisotopic (exact) mass is 213 g/mol. The number of likely N-dealkylation sites (N-methyl/N-ethyl adjacent to an activating group) is 1. The van der Waals surface area contributed by atoms with Crippen molar-refractivity contribution in [1.82, 2.24) is 15.5 Å². The Kier molecular flexibility index (Phi) is 3.94. The van der Waals surface area contributed by atoms with Gasteiger partial charge in [-0.3, -0.25) is 4.79 Å². The van der Waals surface area contributed by atoms with E-state index in [0.717, 1.165) is 6.42 Å². The summed E-state index contributed by atoms with van der Waals surface area (Å²) in [7, 11) is 1.76. The molecule has 0 aromatic rings. The number of amides is 3. The van der Waals surface area contributed by atoms with E-state index in [-0.39, 0.29) is 24.0 Å². The van der Waals surface area contributed by atoms with Crippen LogP contribution in [0, 0.1) is 0 Å². The van der Waals surface area contributed by atoms with E-state index >= 15 is 0 Å². The summed E-state index contributed by atoms with van der Waals surface area (Å²) < 4.78 is 0. The number of piperidine rings is 1. The van der Waals surface area contributed by atoms with Gasteiger partial charge in [0.15, 0.2) is 0 Å². The fraction of sp³-hybridized carbons (Fsp3) is 0.800. The molecule has 1 aliphatic heterocycles. The quantitative estimate of drug-likeness (QED) is 0.693. The Balaban J connectivity index is 2.33. The van der Waals surface area contributed by atoms with Gasteiger partial charge in [0.1, 0.15) is 0 Å². The lowest BCUT2D eigenvalue weighted by atomic mass is 10.1. The highest BCUT2D eigenvalue weighted by Crippen LogP contribution is 2.09. The Bertz CT molecular complexity index is 253. The average Bonchev–Trinajstić information content (AvgIpc) is 2.10. The first-order chi connectivity index (χ1) is 6.99. The normalized spacial score (nSPS) is 21.7. The number of rotatable bonds is 2. The van der Waals surface area contributed by atoms with E-state index in [4.69, 9.17) is 0 Å². The van der Waals surface area contributed by atoms with Gasteiger partial charge in [-0.25, -0.2) is 4.79 Å². The Morgan fingerprint density at radius 1 is 1.53 bits per heavy atom. The lowest BCUT2D eigenvalue weighted by Crippen LogP contribution is -2.52. The summed E-state index contributed by atoms with van der Waals surface area (Å²) >= 11 is 0. The maximum Gasteiger partial charge on any atom is 0.315 e. The molecule has 1 atom stereocenters. The van der Waals surface area contributed by atoms with Crippen LogP contribution in [0.25, 0.3) is 0 Å². The third kappa shape index (κ3) is 3.77. The molecule has 1 fully saturated rings. The first kappa shape index (κ1) is 11.8. The second-order valence-electron chi connectivity index (χ2n) is 4.28. The summed E-state index contributed by atoms with van der Waals surface area (Å²) in [5.41, 5.74) is 0. The van der Waals surface area contributed by atoms with E-state index in [1.807, 2.05) is 13.8 Å². The summed E-state index contributed by atoms with van der Waals surface area (Å²) in [5.74, 6) is 0.150. The van der Waals surface area contributed by atoms with Crippen LogP contribution in [-0.2, 0) is 4.79 Å². The molecular weight excluding hydrogens is 194 g/mol. The third-order valence-electron chi connectivity index (χ3n) is 2.38. The first-order valence-electron chi connectivity index (χ1n) is 5.30. The van der Waals surface area contributed by atoms with Gasteiger partial charge in [-0.1, -0.05) is 0 Å². The van der Waals surface area contributed by atoms with Gasteiger partial charge in [0, 0.05) is 32.1 Å². The Morgan fingerprint density at radius 3 is 2.73 bits per heavy atom. The summed E-state index contributed by atoms with van der Waals surface area (Å²) in [4.78, 5) is 24.2. The molecule has 1 unspecified atom stereocenters. The first-order valence-corrected chi connectivity index (χ1v) is 5.30. The topological polar surface area (TPSA) is 61.4 Å². The number of carbonyl (C=O) groups excluding carboxylic acids is 2. The molecule has 3 amide bonds. The molecule has 0 aliphatic carbocycles. The molecule has 0 aromatic heterocycles. The minimum atomic E-state index is -0.155. The molecule has 1 aliphatic rings. The van der Waals surface area contributed by atoms with E-state index in [1.165, 1.54) is 0 Å². The number of hydrogen-bond acceptors (Lipinski definition) is 2. The van der Waals surface area contributed by atoms with Crippen molar-refractivity contribution in [2.45, 2.75) is 38.8 Å². The van der Waals surface area contributed by atoms with Gasteiger partial charge >= 0.3 is 6.03 Å². The van der Waals surface area contributed by atoms with Crippen LogP contribution in [-0.4, -0.2) is 42.5 Å². The molecule has 5 heteroatoms. The highest BCUT2D eigenvalue weighted by Gasteiger charge is 2.23. The largest absolute Gasteiger partial charge is 0.344 e. The molecule has 1 heterocycles. The van der Waals surface area contributed by atoms with Crippen LogP contribution >= 0.6 is 0 Å². The smallest absolute Gasteiger partial charge is 0.315 e. The maximum atomic E-state index is 11.4. The van der Waals surface area contributed by atoms with Crippen LogP contribution in [0.1, 0.15) is 26.7 Å². The van der Waals surface area contributed by atoms with E-state index in [2.05, 4.69) is 10.6 Å². The molecule has 0 bridgehead atoms. The van der Waals surface area contributed by atoms with Crippen molar-refractivity contribution < 1.29 is 9.59 Å². The molecular formula is C10H19N3O2. The average molecular weight is 213 g/mol. The molecule has 5 nitrogen and oxygen atoms in total. The van der Waals surface area contributed by atoms with Crippen molar-refractivity contribution in [3.63, 3.8) is 0 Å². The summed E-state index contributed by atoms with van der Waals surface area (Å²) in [5, 5.41) is 5.62. The lowest BCUT2D eigenvalue weighted by Gasteiger charge is -2.30. The molecule has 15 heavy (non-hydrogen) atoms. The van der Waals surface area contributed by atoms with Gasteiger partial charge in [-0.2, -0.15) is 0 Å². The van der Waals surface area contributed by atoms with Crippen LogP contribution in [0.15, 0.2) is 0 Å². The standard InChI is InChI=1S/C10H19N3O2/c1-7(2)11-10(15)12-8-4-5-9(14)13(3)6-8/h7-8H,4-6H2,1-3H3,(H2,11,12,15). The maximum absolute atomic E-state index is 11.4. The van der Waals surface area contributed by atoms with Crippen molar-refractivity contribution in [2.75, 3.05) is 13.6 Å². The molecule has 0 saturated carbocycles. The van der Waals surface area contributed by atoms with E-state index < -0.39 is 0 Å². The summed E-state index contributed by atoms with van der Waals surface area (Å²) in [6.07, 6.45) is 1.25. The van der Waals surface area contributed by atoms with Gasteiger partial charge in [0.05, 0.1) is 0 Å². The number of likely N-dealkylation sites (tertiary alicyclic amines) is 1. The fourth-order valence-electron chi connectivity index (χ4n) is 1.62. The highest BCUT2D eigenvalue weighted by atomic mass is 16.2. The zero-order valence-electron chi connectivity index (χ0n) is 9.54. The minimum absolute atomic E-state index is 0.0754. The van der Waals surface area contributed by atoms with Gasteiger partial charge in [-0.05, 0) is 20.3 Å². The second-order valence-corrected chi connectivity index (χ2v) is 4.28. The van der Waals surface area contributed by atoms with Crippen molar-refractivity contribution in [3.05, 3.63) is 0 Å². The summed E-state index contributed by atoms with van der Waals surface area (Å²) in [6.45, 7) is 4.43.